The Morgan fingerprint density at radius 1 is 1.50 bits per heavy atom. The molecular formula is C11H10OWY-2. The van der Waals surface area contributed by atoms with Crippen molar-refractivity contribution >= 4 is 5.57 Å². The van der Waals surface area contributed by atoms with Crippen LogP contribution < -0.4 is 4.74 Å². The van der Waals surface area contributed by atoms with E-state index in [4.69, 9.17) is 4.74 Å². The third kappa shape index (κ3) is 2.72. The summed E-state index contributed by atoms with van der Waals surface area (Å²) in [6.45, 7) is 3.95. The van der Waals surface area contributed by atoms with Crippen molar-refractivity contribution in [3.63, 3.8) is 0 Å². The third-order valence-electron chi connectivity index (χ3n) is 2.14. The van der Waals surface area contributed by atoms with Gasteiger partial charge in [0.1, 0.15) is 0 Å². The van der Waals surface area contributed by atoms with Crippen LogP contribution in [0, 0.1) is 13.0 Å². The zero-order valence-corrected chi connectivity index (χ0v) is 13.8. The molecule has 1 radical (unpaired) electrons. The maximum Gasteiger partial charge on any atom is 0.0743 e. The number of ether oxygens (including phenoxy) is 1. The van der Waals surface area contributed by atoms with E-state index in [1.807, 2.05) is 12.1 Å². The molecule has 1 aliphatic rings. The Balaban J connectivity index is 0.000000845. The number of hydrogen-bond acceptors (Lipinski definition) is 1. The smallest absolute Gasteiger partial charge is 0.0743 e. The molecule has 0 N–H and O–H groups in total. The van der Waals surface area contributed by atoms with Crippen molar-refractivity contribution in [3.8, 4) is 5.75 Å². The van der Waals surface area contributed by atoms with Gasteiger partial charge in [-0.25, -0.2) is 23.6 Å². The fourth-order valence-corrected chi connectivity index (χ4v) is 1.43. The summed E-state index contributed by atoms with van der Waals surface area (Å²) in [6, 6.07) is 7.02. The first-order chi connectivity index (χ1) is 5.81. The van der Waals surface area contributed by atoms with Gasteiger partial charge < -0.3 is 4.74 Å². The fraction of sp³-hybridized carbons (Fsp3) is 0.182. The van der Waals surface area contributed by atoms with Gasteiger partial charge in [-0.1, -0.05) is 0 Å². The summed E-state index contributed by atoms with van der Waals surface area (Å²) >= 11 is 0. The van der Waals surface area contributed by atoms with E-state index in [0.717, 1.165) is 17.7 Å². The molecule has 1 aromatic carbocycles. The predicted molar refractivity (Wildman–Crippen MR) is 48.9 cm³/mol. The molecule has 1 aliphatic carbocycles. The number of hydrogen-bond donors (Lipinski definition) is 0. The van der Waals surface area contributed by atoms with E-state index in [-0.39, 0.29) is 53.8 Å². The molecule has 0 amide bonds. The van der Waals surface area contributed by atoms with Crippen LogP contribution in [0.3, 0.4) is 0 Å². The van der Waals surface area contributed by atoms with E-state index in [1.54, 1.807) is 7.11 Å². The minimum Gasteiger partial charge on any atom is -0.524 e. The normalized spacial score (nSPS) is 11.9. The molecule has 2 rings (SSSR count). The first-order valence-electron chi connectivity index (χ1n) is 3.92. The second-order valence-electron chi connectivity index (χ2n) is 2.87. The molecule has 0 aromatic heterocycles. The SMILES string of the molecule is [CH2-]C1=CCc2c[c-]c(OC)cc21.[W].[Y]. The van der Waals surface area contributed by atoms with Crippen molar-refractivity contribution in [1.29, 1.82) is 0 Å². The van der Waals surface area contributed by atoms with Gasteiger partial charge in [0.15, 0.2) is 0 Å². The number of benzene rings is 1. The molecule has 14 heavy (non-hydrogen) atoms. The molecule has 0 fully saturated rings. The molecular weight excluding hydrogens is 421 g/mol. The third-order valence-corrected chi connectivity index (χ3v) is 2.14. The average Bonchev–Trinajstić information content (AvgIpc) is 2.47. The average molecular weight is 431 g/mol. The zero-order valence-electron chi connectivity index (χ0n) is 8.04. The molecule has 0 atom stereocenters. The molecule has 0 spiro atoms. The molecule has 1 nitrogen and oxygen atoms in total. The van der Waals surface area contributed by atoms with Crippen LogP contribution in [0.4, 0.5) is 0 Å². The van der Waals surface area contributed by atoms with Crippen molar-refractivity contribution in [1.82, 2.24) is 0 Å². The van der Waals surface area contributed by atoms with Gasteiger partial charge in [0.25, 0.3) is 0 Å². The maximum atomic E-state index is 5.08. The van der Waals surface area contributed by atoms with E-state index >= 15 is 0 Å². The minimum atomic E-state index is 0. The van der Waals surface area contributed by atoms with Gasteiger partial charge in [-0.3, -0.25) is 0 Å². The van der Waals surface area contributed by atoms with Gasteiger partial charge in [0.05, 0.1) is 7.11 Å². The summed E-state index contributed by atoms with van der Waals surface area (Å²) in [5.74, 6) is 0.783. The van der Waals surface area contributed by atoms with Gasteiger partial charge in [0, 0.05) is 53.8 Å². The van der Waals surface area contributed by atoms with Crippen molar-refractivity contribution in [2.45, 2.75) is 6.42 Å². The molecule has 0 saturated heterocycles. The van der Waals surface area contributed by atoms with Crippen LogP contribution in [0.2, 0.25) is 0 Å². The number of fused-ring (bicyclic) bond motifs is 1. The van der Waals surface area contributed by atoms with Gasteiger partial charge >= 0.3 is 0 Å². The molecule has 0 aliphatic heterocycles. The van der Waals surface area contributed by atoms with Crippen molar-refractivity contribution in [2.75, 3.05) is 7.11 Å². The topological polar surface area (TPSA) is 9.23 Å². The fourth-order valence-electron chi connectivity index (χ4n) is 1.43. The second kappa shape index (κ2) is 6.10. The second-order valence-corrected chi connectivity index (χ2v) is 2.87. The molecule has 71 valence electrons. The van der Waals surface area contributed by atoms with E-state index in [0.29, 0.717) is 0 Å². The Labute approximate surface area is 124 Å². The first kappa shape index (κ1) is 14.4. The number of rotatable bonds is 1. The molecule has 0 bridgehead atoms. The predicted octanol–water partition coefficient (Wildman–Crippen LogP) is 2.26. The molecule has 3 heteroatoms. The summed E-state index contributed by atoms with van der Waals surface area (Å²) in [4.78, 5) is 0. The van der Waals surface area contributed by atoms with Crippen LogP contribution in [-0.4, -0.2) is 7.11 Å². The summed E-state index contributed by atoms with van der Waals surface area (Å²) < 4.78 is 5.08. The standard InChI is InChI=1S/C11H10O.W.Y/c1-8-3-4-9-5-6-10(12-2)7-11(8)9;;/h3,5,7H,1,4H2,2H3;;/q-2;;. The quantitative estimate of drug-likeness (QED) is 0.621. The summed E-state index contributed by atoms with van der Waals surface area (Å²) in [5, 5.41) is 0. The number of allylic oxidation sites excluding steroid dienone is 2. The first-order valence-corrected chi connectivity index (χ1v) is 3.92. The van der Waals surface area contributed by atoms with Gasteiger partial charge in [-0.2, -0.15) is 18.2 Å². The van der Waals surface area contributed by atoms with E-state index in [9.17, 15) is 0 Å². The Morgan fingerprint density at radius 2 is 2.21 bits per heavy atom. The molecule has 0 saturated carbocycles. The Morgan fingerprint density at radius 3 is 2.86 bits per heavy atom. The van der Waals surface area contributed by atoms with Crippen LogP contribution in [0.15, 0.2) is 18.2 Å². The van der Waals surface area contributed by atoms with E-state index in [1.165, 1.54) is 11.1 Å². The van der Waals surface area contributed by atoms with E-state index < -0.39 is 0 Å². The Kier molecular flexibility index (Phi) is 6.29. The monoisotopic (exact) mass is 431 g/mol. The van der Waals surface area contributed by atoms with Crippen LogP contribution >= 0.6 is 0 Å². The molecule has 1 aromatic rings. The van der Waals surface area contributed by atoms with Crippen molar-refractivity contribution in [3.05, 3.63) is 42.3 Å². The molecule has 0 unspecified atom stereocenters. The summed E-state index contributed by atoms with van der Waals surface area (Å²) in [5.41, 5.74) is 3.59. The number of methoxy groups -OCH3 is 1. The van der Waals surface area contributed by atoms with Crippen molar-refractivity contribution in [2.24, 2.45) is 0 Å². The van der Waals surface area contributed by atoms with Crippen molar-refractivity contribution < 1.29 is 58.5 Å². The van der Waals surface area contributed by atoms with Crippen LogP contribution in [-0.2, 0) is 60.2 Å². The van der Waals surface area contributed by atoms with Gasteiger partial charge in [-0.15, -0.1) is 12.5 Å². The van der Waals surface area contributed by atoms with Gasteiger partial charge in [-0.05, 0) is 5.75 Å². The Bertz CT molecular complexity index is 347. The van der Waals surface area contributed by atoms with Crippen LogP contribution in [0.5, 0.6) is 5.75 Å². The van der Waals surface area contributed by atoms with Crippen LogP contribution in [0.1, 0.15) is 11.1 Å². The zero-order chi connectivity index (χ0) is 8.55. The van der Waals surface area contributed by atoms with Crippen LogP contribution in [0.25, 0.3) is 5.57 Å². The molecule has 0 heterocycles. The summed E-state index contributed by atoms with van der Waals surface area (Å²) in [7, 11) is 1.65. The minimum absolute atomic E-state index is 0. The maximum absolute atomic E-state index is 5.08. The largest absolute Gasteiger partial charge is 0.524 e. The van der Waals surface area contributed by atoms with E-state index in [2.05, 4.69) is 19.1 Å². The Hall–Kier alpha value is 0.422. The van der Waals surface area contributed by atoms with Gasteiger partial charge in [0.2, 0.25) is 0 Å². The summed E-state index contributed by atoms with van der Waals surface area (Å²) in [6.07, 6.45) is 3.10.